The highest BCUT2D eigenvalue weighted by Crippen LogP contribution is 2.68. The largest absolute Gasteiger partial charge is 0.454 e. The molecule has 0 radical (unpaired) electrons. The number of ether oxygens (including phenoxy) is 1. The molecule has 0 bridgehead atoms. The summed E-state index contributed by atoms with van der Waals surface area (Å²) in [6.07, 6.45) is 13.9. The number of hydrogen-bond acceptors (Lipinski definition) is 4. The van der Waals surface area contributed by atoms with Gasteiger partial charge in [0, 0.05) is 13.3 Å². The Balaban J connectivity index is 1.47. The Bertz CT molecular complexity index is 856. The fraction of sp³-hybridized carbons (Fsp3) is 0.793. The van der Waals surface area contributed by atoms with Gasteiger partial charge in [-0.15, -0.1) is 0 Å². The third-order valence-electron chi connectivity index (χ3n) is 10.1. The van der Waals surface area contributed by atoms with Gasteiger partial charge >= 0.3 is 5.97 Å². The first-order valence-electron chi connectivity index (χ1n) is 13.2. The lowest BCUT2D eigenvalue weighted by Gasteiger charge is -2.44. The first kappa shape index (κ1) is 24.7. The zero-order valence-electron chi connectivity index (χ0n) is 21.5. The van der Waals surface area contributed by atoms with E-state index in [1.165, 1.54) is 38.2 Å². The topological polar surface area (TPSA) is 63.6 Å². The average Bonchev–Trinajstić information content (AvgIpc) is 3.06. The van der Waals surface area contributed by atoms with Gasteiger partial charge < -0.3 is 9.84 Å². The minimum atomic E-state index is -0.982. The molecule has 4 fully saturated rings. The summed E-state index contributed by atoms with van der Waals surface area (Å²) in [5.74, 6) is 2.61. The molecule has 0 aliphatic heterocycles. The van der Waals surface area contributed by atoms with Crippen LogP contribution in [0.15, 0.2) is 23.8 Å². The van der Waals surface area contributed by atoms with Crippen LogP contribution >= 0.6 is 0 Å². The van der Waals surface area contributed by atoms with Crippen LogP contribution in [0, 0.1) is 40.4 Å². The molecule has 0 saturated heterocycles. The van der Waals surface area contributed by atoms with E-state index in [1.807, 2.05) is 0 Å². The maximum absolute atomic E-state index is 13.0. The number of rotatable bonds is 7. The molecular weight excluding hydrogens is 412 g/mol. The summed E-state index contributed by atoms with van der Waals surface area (Å²) in [7, 11) is 0. The highest BCUT2D eigenvalue weighted by Gasteiger charge is 2.77. The maximum Gasteiger partial charge on any atom is 0.303 e. The van der Waals surface area contributed by atoms with Crippen LogP contribution in [0.4, 0.5) is 0 Å². The Kier molecular flexibility index (Phi) is 6.48. The van der Waals surface area contributed by atoms with E-state index in [-0.39, 0.29) is 12.2 Å². The molecule has 0 aromatic heterocycles. The normalized spacial score (nSPS) is 43.1. The standard InChI is InChI=1S/C29H44O4/c1-18(2)19(3)9-10-20(4)23-11-12-24-22(8-7-14-27(23,24)6)13-15-28-17-29(28,32)16-25(26(28)31)33-21(5)30/h9-10,13,18-20,23-25,32H,7-8,11-12,14-17H2,1-6H3/b10-9+,22-13+/t19-,20+,23+,24-,25-,27+,28?,29+/m0/s1. The molecule has 4 nitrogen and oxygen atoms in total. The van der Waals surface area contributed by atoms with E-state index < -0.39 is 23.1 Å². The SMILES string of the molecule is CC(=O)O[C@H]1C[C@@]2(O)CC2(C/C=C2\CCC[C@]3(C)[C@@H]([C@H](C)/C=C/[C@H](C)C(C)C)CC[C@@H]23)C1=O. The minimum absolute atomic E-state index is 0.0713. The van der Waals surface area contributed by atoms with E-state index >= 15 is 0 Å². The Hall–Kier alpha value is -1.42. The molecule has 4 aliphatic carbocycles. The van der Waals surface area contributed by atoms with Gasteiger partial charge in [-0.1, -0.05) is 58.4 Å². The summed E-state index contributed by atoms with van der Waals surface area (Å²) in [6.45, 7) is 13.1. The first-order chi connectivity index (χ1) is 15.4. The number of fused-ring (bicyclic) bond motifs is 2. The lowest BCUT2D eigenvalue weighted by Crippen LogP contribution is -2.35. The quantitative estimate of drug-likeness (QED) is 0.375. The van der Waals surface area contributed by atoms with Crippen molar-refractivity contribution < 1.29 is 19.4 Å². The van der Waals surface area contributed by atoms with Crippen molar-refractivity contribution in [3.63, 3.8) is 0 Å². The number of carbonyl (C=O) groups excluding carboxylic acids is 2. The molecule has 8 atom stereocenters. The fourth-order valence-electron chi connectivity index (χ4n) is 7.61. The molecule has 184 valence electrons. The van der Waals surface area contributed by atoms with Crippen LogP contribution in [0.1, 0.15) is 92.9 Å². The molecular formula is C29H44O4. The smallest absolute Gasteiger partial charge is 0.303 e. The maximum atomic E-state index is 13.0. The van der Waals surface area contributed by atoms with Gasteiger partial charge in [0.15, 0.2) is 11.9 Å². The number of ketones is 1. The van der Waals surface area contributed by atoms with Crippen LogP contribution in [0.5, 0.6) is 0 Å². The van der Waals surface area contributed by atoms with E-state index in [0.717, 1.165) is 6.42 Å². The average molecular weight is 457 g/mol. The molecule has 0 aromatic carbocycles. The van der Waals surface area contributed by atoms with Gasteiger partial charge in [0.1, 0.15) is 0 Å². The molecule has 4 heteroatoms. The molecule has 33 heavy (non-hydrogen) atoms. The predicted octanol–water partition coefficient (Wildman–Crippen LogP) is 6.03. The van der Waals surface area contributed by atoms with Crippen LogP contribution in [0.2, 0.25) is 0 Å². The Labute approximate surface area is 200 Å². The van der Waals surface area contributed by atoms with Crippen LogP contribution < -0.4 is 0 Å². The molecule has 0 aromatic rings. The number of allylic oxidation sites excluding steroid dienone is 4. The van der Waals surface area contributed by atoms with E-state index in [4.69, 9.17) is 4.74 Å². The summed E-state index contributed by atoms with van der Waals surface area (Å²) in [6, 6.07) is 0. The Morgan fingerprint density at radius 3 is 2.61 bits per heavy atom. The van der Waals surface area contributed by atoms with Crippen LogP contribution in [-0.2, 0) is 14.3 Å². The van der Waals surface area contributed by atoms with Crippen molar-refractivity contribution in [3.8, 4) is 0 Å². The highest BCUT2D eigenvalue weighted by molar-refractivity contribution is 5.98. The molecule has 4 rings (SSSR count). The number of Topliss-reactive ketones (excluding diaryl/α,β-unsaturated/α-hetero) is 1. The molecule has 1 N–H and O–H groups in total. The second-order valence-electron chi connectivity index (χ2n) is 12.4. The Morgan fingerprint density at radius 1 is 1.21 bits per heavy atom. The van der Waals surface area contributed by atoms with E-state index in [1.54, 1.807) is 0 Å². The number of carbonyl (C=O) groups is 2. The van der Waals surface area contributed by atoms with Gasteiger partial charge in [0.05, 0.1) is 11.0 Å². The predicted molar refractivity (Wildman–Crippen MR) is 130 cm³/mol. The van der Waals surface area contributed by atoms with Crippen molar-refractivity contribution in [2.45, 2.75) is 105 Å². The third kappa shape index (κ3) is 4.15. The van der Waals surface area contributed by atoms with Crippen molar-refractivity contribution in [2.24, 2.45) is 40.4 Å². The first-order valence-corrected chi connectivity index (χ1v) is 13.2. The van der Waals surface area contributed by atoms with Crippen molar-refractivity contribution in [1.29, 1.82) is 0 Å². The van der Waals surface area contributed by atoms with Crippen LogP contribution in [0.3, 0.4) is 0 Å². The van der Waals surface area contributed by atoms with Gasteiger partial charge in [0.2, 0.25) is 0 Å². The zero-order chi connectivity index (χ0) is 24.2. The van der Waals surface area contributed by atoms with Crippen molar-refractivity contribution in [3.05, 3.63) is 23.8 Å². The highest BCUT2D eigenvalue weighted by atomic mass is 16.5. The number of hydrogen-bond donors (Lipinski definition) is 1. The third-order valence-corrected chi connectivity index (χ3v) is 10.1. The zero-order valence-corrected chi connectivity index (χ0v) is 21.5. The second kappa shape index (κ2) is 8.66. The summed E-state index contributed by atoms with van der Waals surface area (Å²) >= 11 is 0. The van der Waals surface area contributed by atoms with Crippen molar-refractivity contribution >= 4 is 11.8 Å². The van der Waals surface area contributed by atoms with Crippen molar-refractivity contribution in [1.82, 2.24) is 0 Å². The van der Waals surface area contributed by atoms with E-state index in [2.05, 4.69) is 52.8 Å². The van der Waals surface area contributed by atoms with E-state index in [9.17, 15) is 14.7 Å². The van der Waals surface area contributed by atoms with Gasteiger partial charge in [-0.2, -0.15) is 0 Å². The summed E-state index contributed by atoms with van der Waals surface area (Å²) in [5.41, 5.74) is 0.107. The van der Waals surface area contributed by atoms with Crippen LogP contribution in [0.25, 0.3) is 0 Å². The molecule has 1 unspecified atom stereocenters. The van der Waals surface area contributed by atoms with Gasteiger partial charge in [-0.25, -0.2) is 0 Å². The van der Waals surface area contributed by atoms with Gasteiger partial charge in [-0.05, 0) is 80.0 Å². The molecule has 4 saturated carbocycles. The van der Waals surface area contributed by atoms with Crippen LogP contribution in [-0.4, -0.2) is 28.6 Å². The lowest BCUT2D eigenvalue weighted by atomic mass is 9.61. The van der Waals surface area contributed by atoms with Gasteiger partial charge in [0.25, 0.3) is 0 Å². The van der Waals surface area contributed by atoms with Gasteiger partial charge in [-0.3, -0.25) is 9.59 Å². The number of esters is 1. The number of aliphatic hydroxyl groups is 1. The summed E-state index contributed by atoms with van der Waals surface area (Å²) in [4.78, 5) is 24.4. The fourth-order valence-corrected chi connectivity index (χ4v) is 7.61. The molecule has 0 heterocycles. The lowest BCUT2D eigenvalue weighted by molar-refractivity contribution is -0.153. The minimum Gasteiger partial charge on any atom is -0.454 e. The van der Waals surface area contributed by atoms with E-state index in [0.29, 0.717) is 47.8 Å². The molecule has 0 spiro atoms. The molecule has 0 amide bonds. The second-order valence-corrected chi connectivity index (χ2v) is 12.4. The summed E-state index contributed by atoms with van der Waals surface area (Å²) in [5, 5.41) is 10.9. The monoisotopic (exact) mass is 456 g/mol. The Morgan fingerprint density at radius 2 is 1.94 bits per heavy atom. The summed E-state index contributed by atoms with van der Waals surface area (Å²) < 4.78 is 5.21. The molecule has 4 aliphatic rings. The van der Waals surface area contributed by atoms with Crippen molar-refractivity contribution in [2.75, 3.05) is 0 Å².